The van der Waals surface area contributed by atoms with E-state index in [9.17, 15) is 4.39 Å². The lowest BCUT2D eigenvalue weighted by atomic mass is 10.1. The lowest BCUT2D eigenvalue weighted by molar-refractivity contribution is 0.619. The molecule has 0 saturated carbocycles. The molecule has 0 atom stereocenters. The third kappa shape index (κ3) is 1.55. The quantitative estimate of drug-likeness (QED) is 0.696. The van der Waals surface area contributed by atoms with Crippen LogP contribution in [0.5, 0.6) is 0 Å². The topological polar surface area (TPSA) is 12.9 Å². The molecule has 0 aliphatic heterocycles. The maximum Gasteiger partial charge on any atom is 0.126 e. The minimum Gasteiger partial charge on any atom is -0.242 e. The molecular weight excluding hydrogens is 197 g/mol. The average Bonchev–Trinajstić information content (AvgIpc) is 2.57. The van der Waals surface area contributed by atoms with E-state index in [2.05, 4.69) is 4.98 Å². The van der Waals surface area contributed by atoms with Gasteiger partial charge in [-0.15, -0.1) is 11.3 Å². The van der Waals surface area contributed by atoms with Crippen LogP contribution in [-0.2, 0) is 0 Å². The first-order valence-electron chi connectivity index (χ1n) is 4.36. The average molecular weight is 207 g/mol. The Morgan fingerprint density at radius 1 is 1.29 bits per heavy atom. The first kappa shape index (κ1) is 9.34. The maximum atomic E-state index is 13.2. The molecule has 0 spiro atoms. The van der Waals surface area contributed by atoms with Gasteiger partial charge in [-0.3, -0.25) is 0 Å². The van der Waals surface area contributed by atoms with Crippen LogP contribution in [0, 0.1) is 19.7 Å². The van der Waals surface area contributed by atoms with Crippen LogP contribution >= 0.6 is 11.3 Å². The summed E-state index contributed by atoms with van der Waals surface area (Å²) in [5.41, 5.74) is 2.41. The summed E-state index contributed by atoms with van der Waals surface area (Å²) in [4.78, 5) is 4.33. The number of aryl methyl sites for hydroxylation is 1. The summed E-state index contributed by atoms with van der Waals surface area (Å²) in [7, 11) is 0. The highest BCUT2D eigenvalue weighted by Gasteiger charge is 2.07. The van der Waals surface area contributed by atoms with Crippen molar-refractivity contribution in [3.8, 4) is 11.3 Å². The van der Waals surface area contributed by atoms with E-state index < -0.39 is 0 Å². The number of thiazole rings is 1. The predicted octanol–water partition coefficient (Wildman–Crippen LogP) is 3.57. The van der Waals surface area contributed by atoms with Gasteiger partial charge >= 0.3 is 0 Å². The number of aromatic nitrogens is 1. The van der Waals surface area contributed by atoms with Crippen LogP contribution in [0.2, 0.25) is 0 Å². The highest BCUT2D eigenvalue weighted by atomic mass is 32.1. The van der Waals surface area contributed by atoms with Gasteiger partial charge in [0.15, 0.2) is 0 Å². The molecule has 3 heteroatoms. The summed E-state index contributed by atoms with van der Waals surface area (Å²) in [5, 5.41) is 2.96. The van der Waals surface area contributed by atoms with Gasteiger partial charge < -0.3 is 0 Å². The van der Waals surface area contributed by atoms with E-state index in [4.69, 9.17) is 0 Å². The van der Waals surface area contributed by atoms with Gasteiger partial charge in [0.25, 0.3) is 0 Å². The molecule has 0 aliphatic rings. The van der Waals surface area contributed by atoms with Crippen LogP contribution in [0.3, 0.4) is 0 Å². The number of hydrogen-bond donors (Lipinski definition) is 0. The molecule has 2 rings (SSSR count). The van der Waals surface area contributed by atoms with Gasteiger partial charge in [0, 0.05) is 10.9 Å². The van der Waals surface area contributed by atoms with E-state index >= 15 is 0 Å². The van der Waals surface area contributed by atoms with E-state index in [1.165, 1.54) is 6.07 Å². The molecule has 0 saturated heterocycles. The van der Waals surface area contributed by atoms with Crippen LogP contribution in [0.4, 0.5) is 4.39 Å². The fraction of sp³-hybridized carbons (Fsp3) is 0.182. The van der Waals surface area contributed by atoms with Crippen molar-refractivity contribution in [3.63, 3.8) is 0 Å². The number of nitrogens with zero attached hydrogens (tertiary/aromatic N) is 1. The number of halogens is 1. The van der Waals surface area contributed by atoms with Crippen molar-refractivity contribution in [2.45, 2.75) is 13.8 Å². The molecule has 0 radical (unpaired) electrons. The summed E-state index contributed by atoms with van der Waals surface area (Å²) in [6, 6.07) is 5.08. The molecule has 1 nitrogen and oxygen atoms in total. The van der Waals surface area contributed by atoms with E-state index in [0.29, 0.717) is 5.56 Å². The molecule has 0 N–H and O–H groups in total. The zero-order valence-corrected chi connectivity index (χ0v) is 8.86. The van der Waals surface area contributed by atoms with Gasteiger partial charge in [0.2, 0.25) is 0 Å². The Hall–Kier alpha value is -1.22. The Labute approximate surface area is 86.2 Å². The lowest BCUT2D eigenvalue weighted by Crippen LogP contribution is -1.87. The molecule has 2 aromatic rings. The summed E-state index contributed by atoms with van der Waals surface area (Å²) in [5.74, 6) is -0.173. The molecular formula is C11H10FNS. The fourth-order valence-electron chi connectivity index (χ4n) is 1.37. The van der Waals surface area contributed by atoms with Gasteiger partial charge in [-0.1, -0.05) is 12.1 Å². The van der Waals surface area contributed by atoms with Gasteiger partial charge in [-0.25, -0.2) is 9.37 Å². The first-order chi connectivity index (χ1) is 6.68. The van der Waals surface area contributed by atoms with Crippen molar-refractivity contribution >= 4 is 11.3 Å². The molecule has 0 bridgehead atoms. The third-order valence-corrected chi connectivity index (χ3v) is 2.94. The minimum absolute atomic E-state index is 0.173. The number of hydrogen-bond acceptors (Lipinski definition) is 2. The van der Waals surface area contributed by atoms with Crippen LogP contribution in [0.25, 0.3) is 11.3 Å². The molecule has 0 unspecified atom stereocenters. The van der Waals surface area contributed by atoms with Crippen molar-refractivity contribution in [3.05, 3.63) is 40.0 Å². The molecule has 72 valence electrons. The molecule has 0 fully saturated rings. The SMILES string of the molecule is Cc1nc(-c2cccc(F)c2C)cs1. The number of benzene rings is 1. The Morgan fingerprint density at radius 2 is 2.07 bits per heavy atom. The Morgan fingerprint density at radius 3 is 2.71 bits per heavy atom. The lowest BCUT2D eigenvalue weighted by Gasteiger charge is -2.02. The molecule has 0 amide bonds. The fourth-order valence-corrected chi connectivity index (χ4v) is 1.98. The van der Waals surface area contributed by atoms with Crippen molar-refractivity contribution in [1.82, 2.24) is 4.98 Å². The van der Waals surface area contributed by atoms with Crippen LogP contribution in [0.15, 0.2) is 23.6 Å². The van der Waals surface area contributed by atoms with Crippen LogP contribution in [0.1, 0.15) is 10.6 Å². The molecule has 14 heavy (non-hydrogen) atoms. The smallest absolute Gasteiger partial charge is 0.126 e. The van der Waals surface area contributed by atoms with Crippen LogP contribution < -0.4 is 0 Å². The van der Waals surface area contributed by atoms with E-state index in [1.54, 1.807) is 24.3 Å². The van der Waals surface area contributed by atoms with Gasteiger partial charge in [0.1, 0.15) is 5.82 Å². The van der Waals surface area contributed by atoms with Gasteiger partial charge in [0.05, 0.1) is 10.7 Å². The zero-order chi connectivity index (χ0) is 10.1. The van der Waals surface area contributed by atoms with Crippen molar-refractivity contribution in [1.29, 1.82) is 0 Å². The summed E-state index contributed by atoms with van der Waals surface area (Å²) in [6.07, 6.45) is 0. The Bertz CT molecular complexity index is 462. The third-order valence-electron chi connectivity index (χ3n) is 2.16. The second kappa shape index (κ2) is 3.50. The summed E-state index contributed by atoms with van der Waals surface area (Å²) in [6.45, 7) is 3.72. The Balaban J connectivity index is 2.57. The maximum absolute atomic E-state index is 13.2. The highest BCUT2D eigenvalue weighted by Crippen LogP contribution is 2.25. The van der Waals surface area contributed by atoms with E-state index in [0.717, 1.165) is 16.3 Å². The second-order valence-electron chi connectivity index (χ2n) is 3.16. The van der Waals surface area contributed by atoms with Gasteiger partial charge in [-0.2, -0.15) is 0 Å². The van der Waals surface area contributed by atoms with Crippen molar-refractivity contribution < 1.29 is 4.39 Å². The van der Waals surface area contributed by atoms with Crippen molar-refractivity contribution in [2.75, 3.05) is 0 Å². The Kier molecular flexibility index (Phi) is 2.33. The largest absolute Gasteiger partial charge is 0.242 e. The monoisotopic (exact) mass is 207 g/mol. The molecule has 1 aromatic carbocycles. The van der Waals surface area contributed by atoms with Gasteiger partial charge in [-0.05, 0) is 25.5 Å². The molecule has 1 aromatic heterocycles. The van der Waals surface area contributed by atoms with Crippen molar-refractivity contribution in [2.24, 2.45) is 0 Å². The number of rotatable bonds is 1. The van der Waals surface area contributed by atoms with Crippen LogP contribution in [-0.4, -0.2) is 4.98 Å². The second-order valence-corrected chi connectivity index (χ2v) is 4.23. The molecule has 0 aliphatic carbocycles. The highest BCUT2D eigenvalue weighted by molar-refractivity contribution is 7.09. The summed E-state index contributed by atoms with van der Waals surface area (Å²) >= 11 is 1.58. The molecule has 1 heterocycles. The van der Waals surface area contributed by atoms with E-state index in [1.807, 2.05) is 18.4 Å². The summed E-state index contributed by atoms with van der Waals surface area (Å²) < 4.78 is 13.2. The predicted molar refractivity (Wildman–Crippen MR) is 57.0 cm³/mol. The normalized spacial score (nSPS) is 10.5. The minimum atomic E-state index is -0.173. The standard InChI is InChI=1S/C11H10FNS/c1-7-9(4-3-5-10(7)12)11-6-14-8(2)13-11/h3-6H,1-2H3. The van der Waals surface area contributed by atoms with E-state index in [-0.39, 0.29) is 5.82 Å². The zero-order valence-electron chi connectivity index (χ0n) is 8.04. The first-order valence-corrected chi connectivity index (χ1v) is 5.24.